The van der Waals surface area contributed by atoms with Gasteiger partial charge >= 0.3 is 0 Å². The normalized spacial score (nSPS) is 28.9. The Bertz CT molecular complexity index is 406. The molecule has 0 radical (unpaired) electrons. The zero-order chi connectivity index (χ0) is 11.7. The van der Waals surface area contributed by atoms with Crippen LogP contribution in [0.5, 0.6) is 0 Å². The van der Waals surface area contributed by atoms with Crippen LogP contribution in [0.15, 0.2) is 12.4 Å². The monoisotopic (exact) mass is 253 g/mol. The minimum absolute atomic E-state index is 0.0652. The van der Waals surface area contributed by atoms with Crippen molar-refractivity contribution in [3.8, 4) is 0 Å². The predicted molar refractivity (Wildman–Crippen MR) is 66.4 cm³/mol. The topological polar surface area (TPSA) is 38.2 Å². The number of aromatic nitrogens is 2. The molecule has 0 aromatic carbocycles. The quantitative estimate of drug-likeness (QED) is 0.720. The second-order valence-corrected chi connectivity index (χ2v) is 5.25. The SMILES string of the molecule is Clc1cc(N2CC[C@@]3(CCCCO3)C2)ncn1. The molecule has 4 nitrogen and oxygen atoms in total. The van der Waals surface area contributed by atoms with E-state index < -0.39 is 0 Å². The Labute approximate surface area is 106 Å². The Kier molecular flexibility index (Phi) is 2.92. The summed E-state index contributed by atoms with van der Waals surface area (Å²) in [7, 11) is 0. The third-order valence-electron chi connectivity index (χ3n) is 3.69. The molecule has 0 N–H and O–H groups in total. The predicted octanol–water partition coefficient (Wildman–Crippen LogP) is 2.28. The van der Waals surface area contributed by atoms with E-state index in [0.29, 0.717) is 5.15 Å². The first kappa shape index (κ1) is 11.2. The summed E-state index contributed by atoms with van der Waals surface area (Å²) < 4.78 is 5.99. The first-order valence-corrected chi connectivity index (χ1v) is 6.52. The second-order valence-electron chi connectivity index (χ2n) is 4.86. The summed E-state index contributed by atoms with van der Waals surface area (Å²) in [6.45, 7) is 2.83. The molecule has 2 saturated heterocycles. The Morgan fingerprint density at radius 3 is 3.00 bits per heavy atom. The van der Waals surface area contributed by atoms with Gasteiger partial charge < -0.3 is 9.64 Å². The molecule has 2 aliphatic rings. The van der Waals surface area contributed by atoms with Gasteiger partial charge in [0.25, 0.3) is 0 Å². The number of rotatable bonds is 1. The first-order chi connectivity index (χ1) is 8.27. The summed E-state index contributed by atoms with van der Waals surface area (Å²) in [6.07, 6.45) is 6.25. The van der Waals surface area contributed by atoms with E-state index in [9.17, 15) is 0 Å². The van der Waals surface area contributed by atoms with Crippen molar-refractivity contribution in [3.05, 3.63) is 17.5 Å². The number of halogens is 1. The van der Waals surface area contributed by atoms with E-state index in [-0.39, 0.29) is 5.60 Å². The highest BCUT2D eigenvalue weighted by molar-refractivity contribution is 6.29. The van der Waals surface area contributed by atoms with Gasteiger partial charge in [-0.1, -0.05) is 11.6 Å². The van der Waals surface area contributed by atoms with Gasteiger partial charge in [0.1, 0.15) is 17.3 Å². The third-order valence-corrected chi connectivity index (χ3v) is 3.90. The number of nitrogens with zero attached hydrogens (tertiary/aromatic N) is 3. The molecule has 0 unspecified atom stereocenters. The molecule has 3 rings (SSSR count). The summed E-state index contributed by atoms with van der Waals surface area (Å²) in [5.74, 6) is 0.913. The number of anilines is 1. The van der Waals surface area contributed by atoms with Crippen LogP contribution in [0.25, 0.3) is 0 Å². The van der Waals surface area contributed by atoms with Crippen molar-refractivity contribution in [1.29, 1.82) is 0 Å². The summed E-state index contributed by atoms with van der Waals surface area (Å²) in [5.41, 5.74) is 0.0652. The minimum Gasteiger partial charge on any atom is -0.373 e. The molecule has 0 bridgehead atoms. The van der Waals surface area contributed by atoms with Crippen LogP contribution in [0.2, 0.25) is 5.15 Å². The van der Waals surface area contributed by atoms with Crippen molar-refractivity contribution in [2.45, 2.75) is 31.3 Å². The molecule has 2 fully saturated rings. The van der Waals surface area contributed by atoms with Crippen LogP contribution in [-0.2, 0) is 4.74 Å². The lowest BCUT2D eigenvalue weighted by molar-refractivity contribution is -0.0622. The van der Waals surface area contributed by atoms with Crippen LogP contribution in [-0.4, -0.2) is 35.3 Å². The maximum Gasteiger partial charge on any atom is 0.134 e. The van der Waals surface area contributed by atoms with Crippen molar-refractivity contribution in [2.24, 2.45) is 0 Å². The van der Waals surface area contributed by atoms with Crippen molar-refractivity contribution in [2.75, 3.05) is 24.6 Å². The fourth-order valence-corrected chi connectivity index (χ4v) is 2.91. The van der Waals surface area contributed by atoms with E-state index in [1.165, 1.54) is 25.6 Å². The fraction of sp³-hybridized carbons (Fsp3) is 0.667. The molecular weight excluding hydrogens is 238 g/mol. The summed E-state index contributed by atoms with van der Waals surface area (Å²) in [4.78, 5) is 10.4. The van der Waals surface area contributed by atoms with Crippen LogP contribution >= 0.6 is 11.6 Å². The van der Waals surface area contributed by atoms with Gasteiger partial charge in [0.05, 0.1) is 5.60 Å². The lowest BCUT2D eigenvalue weighted by Crippen LogP contribution is -2.39. The van der Waals surface area contributed by atoms with Gasteiger partial charge in [0, 0.05) is 25.8 Å². The fourth-order valence-electron chi connectivity index (χ4n) is 2.77. The molecule has 0 aliphatic carbocycles. The molecule has 0 saturated carbocycles. The highest BCUT2D eigenvalue weighted by Gasteiger charge is 2.40. The Hall–Kier alpha value is -0.870. The molecular formula is C12H16ClN3O. The molecule has 1 atom stereocenters. The number of hydrogen-bond acceptors (Lipinski definition) is 4. The van der Waals surface area contributed by atoms with Crippen LogP contribution in [0.1, 0.15) is 25.7 Å². The molecule has 5 heteroatoms. The molecule has 1 aromatic heterocycles. The van der Waals surface area contributed by atoms with Gasteiger partial charge in [-0.05, 0) is 25.7 Å². The molecule has 17 heavy (non-hydrogen) atoms. The standard InChI is InChI=1S/C12H16ClN3O/c13-10-7-11(15-9-14-10)16-5-4-12(8-16)3-1-2-6-17-12/h7,9H,1-6,8H2/t12-/m0/s1. The van der Waals surface area contributed by atoms with Crippen LogP contribution < -0.4 is 4.90 Å². The van der Waals surface area contributed by atoms with Gasteiger partial charge in [-0.3, -0.25) is 0 Å². The summed E-state index contributed by atoms with van der Waals surface area (Å²) in [6, 6.07) is 1.82. The maximum absolute atomic E-state index is 5.99. The van der Waals surface area contributed by atoms with E-state index in [0.717, 1.165) is 31.9 Å². The van der Waals surface area contributed by atoms with Gasteiger partial charge in [0.15, 0.2) is 0 Å². The Morgan fingerprint density at radius 1 is 1.29 bits per heavy atom. The van der Waals surface area contributed by atoms with E-state index in [1.807, 2.05) is 6.07 Å². The lowest BCUT2D eigenvalue weighted by atomic mass is 9.93. The van der Waals surface area contributed by atoms with Crippen molar-refractivity contribution < 1.29 is 4.74 Å². The van der Waals surface area contributed by atoms with Gasteiger partial charge in [-0.2, -0.15) is 0 Å². The average molecular weight is 254 g/mol. The van der Waals surface area contributed by atoms with Crippen LogP contribution in [0.4, 0.5) is 5.82 Å². The maximum atomic E-state index is 5.99. The minimum atomic E-state index is 0.0652. The second kappa shape index (κ2) is 4.42. The first-order valence-electron chi connectivity index (χ1n) is 6.14. The average Bonchev–Trinajstić information content (AvgIpc) is 2.74. The largest absolute Gasteiger partial charge is 0.373 e. The third kappa shape index (κ3) is 2.24. The smallest absolute Gasteiger partial charge is 0.134 e. The zero-order valence-electron chi connectivity index (χ0n) is 9.73. The van der Waals surface area contributed by atoms with Gasteiger partial charge in [-0.15, -0.1) is 0 Å². The highest BCUT2D eigenvalue weighted by atomic mass is 35.5. The molecule has 0 amide bonds. The molecule has 3 heterocycles. The lowest BCUT2D eigenvalue weighted by Gasteiger charge is -2.33. The summed E-state index contributed by atoms with van der Waals surface area (Å²) >= 11 is 5.89. The molecule has 2 aliphatic heterocycles. The van der Waals surface area contributed by atoms with Crippen LogP contribution in [0, 0.1) is 0 Å². The van der Waals surface area contributed by atoms with Gasteiger partial charge in [0.2, 0.25) is 0 Å². The van der Waals surface area contributed by atoms with Crippen molar-refractivity contribution in [3.63, 3.8) is 0 Å². The number of ether oxygens (including phenoxy) is 1. The van der Waals surface area contributed by atoms with E-state index in [1.54, 1.807) is 0 Å². The number of hydrogen-bond donors (Lipinski definition) is 0. The summed E-state index contributed by atoms with van der Waals surface area (Å²) in [5, 5.41) is 0.500. The Morgan fingerprint density at radius 2 is 2.24 bits per heavy atom. The van der Waals surface area contributed by atoms with E-state index in [2.05, 4.69) is 14.9 Å². The van der Waals surface area contributed by atoms with Crippen LogP contribution in [0.3, 0.4) is 0 Å². The van der Waals surface area contributed by atoms with Gasteiger partial charge in [-0.25, -0.2) is 9.97 Å². The molecule has 1 spiro atoms. The van der Waals surface area contributed by atoms with E-state index >= 15 is 0 Å². The van der Waals surface area contributed by atoms with E-state index in [4.69, 9.17) is 16.3 Å². The van der Waals surface area contributed by atoms with Crippen molar-refractivity contribution >= 4 is 17.4 Å². The molecule has 1 aromatic rings. The van der Waals surface area contributed by atoms with Crippen molar-refractivity contribution in [1.82, 2.24) is 9.97 Å². The zero-order valence-corrected chi connectivity index (χ0v) is 10.5. The Balaban J connectivity index is 1.75. The highest BCUT2D eigenvalue weighted by Crippen LogP contribution is 2.35. The molecule has 92 valence electrons.